The van der Waals surface area contributed by atoms with Gasteiger partial charge in [-0.25, -0.2) is 15.5 Å². The van der Waals surface area contributed by atoms with Crippen molar-refractivity contribution < 1.29 is 9.53 Å². The lowest BCUT2D eigenvalue weighted by molar-refractivity contribution is -0.113. The van der Waals surface area contributed by atoms with Crippen LogP contribution in [0.5, 0.6) is 5.75 Å². The zero-order valence-corrected chi connectivity index (χ0v) is 20.3. The van der Waals surface area contributed by atoms with Gasteiger partial charge in [-0.3, -0.25) is 4.79 Å². The fourth-order valence-electron chi connectivity index (χ4n) is 2.60. The zero-order valence-electron chi connectivity index (χ0n) is 17.1. The number of rotatable bonds is 10. The van der Waals surface area contributed by atoms with Crippen LogP contribution in [0, 0.1) is 0 Å². The fourth-order valence-corrected chi connectivity index (χ4v) is 4.19. The second-order valence-electron chi connectivity index (χ2n) is 6.47. The Hall–Kier alpha value is -3.22. The lowest BCUT2D eigenvalue weighted by Crippen LogP contribution is -2.13. The van der Waals surface area contributed by atoms with E-state index in [1.54, 1.807) is 17.8 Å². The van der Waals surface area contributed by atoms with Crippen molar-refractivity contribution in [3.8, 4) is 5.75 Å². The number of H-pyrrole nitrogens is 1. The van der Waals surface area contributed by atoms with Gasteiger partial charge in [-0.2, -0.15) is 10.1 Å². The minimum absolute atomic E-state index is 0.169. The van der Waals surface area contributed by atoms with Gasteiger partial charge in [0.05, 0.1) is 12.0 Å². The maximum atomic E-state index is 11.9. The first-order valence-electron chi connectivity index (χ1n) is 9.65. The highest BCUT2D eigenvalue weighted by atomic mass is 79.9. The smallest absolute Gasteiger partial charge is 0.240 e. The Morgan fingerprint density at radius 1 is 1.27 bits per heavy atom. The molecule has 0 radical (unpaired) electrons. The summed E-state index contributed by atoms with van der Waals surface area (Å²) < 4.78 is 6.96. The van der Waals surface area contributed by atoms with E-state index in [2.05, 4.69) is 51.9 Å². The Bertz CT molecular complexity index is 1230. The number of anilines is 2. The number of ether oxygens (including phenoxy) is 1. The predicted molar refractivity (Wildman–Crippen MR) is 134 cm³/mol. The Balaban J connectivity index is 1.28. The molecule has 0 spiro atoms. The molecule has 0 atom stereocenters. The molecule has 4 rings (SSSR count). The number of thioether (sulfide) groups is 1. The molecule has 3 N–H and O–H groups in total. The van der Waals surface area contributed by atoms with Gasteiger partial charge in [0.15, 0.2) is 5.13 Å². The van der Waals surface area contributed by atoms with Crippen molar-refractivity contribution in [2.24, 2.45) is 5.10 Å². The number of hydrogen-bond acceptors (Lipinski definition) is 9. The van der Waals surface area contributed by atoms with Gasteiger partial charge in [-0.1, -0.05) is 52.0 Å². The molecule has 9 nitrogen and oxygen atoms in total. The monoisotopic (exact) mass is 543 g/mol. The number of nitrogens with zero attached hydrogens (tertiary/aromatic N) is 4. The SMILES string of the molecule is O=C(CSc1n[nH]c(N/N=C\c2ccccc2OCc2cccc(Br)c2)n1)Nc1nccs1. The van der Waals surface area contributed by atoms with Crippen LogP contribution < -0.4 is 15.5 Å². The molecule has 168 valence electrons. The van der Waals surface area contributed by atoms with E-state index in [1.807, 2.05) is 48.5 Å². The van der Waals surface area contributed by atoms with Crippen LogP contribution in [0.4, 0.5) is 11.1 Å². The van der Waals surface area contributed by atoms with Gasteiger partial charge >= 0.3 is 0 Å². The Morgan fingerprint density at radius 3 is 3.03 bits per heavy atom. The van der Waals surface area contributed by atoms with E-state index in [1.165, 1.54) is 23.1 Å². The first-order valence-corrected chi connectivity index (χ1v) is 12.3. The summed E-state index contributed by atoms with van der Waals surface area (Å²) in [5.41, 5.74) is 4.67. The molecule has 0 unspecified atom stereocenters. The Kier molecular flexibility index (Phi) is 8.06. The maximum Gasteiger partial charge on any atom is 0.240 e. The van der Waals surface area contributed by atoms with Crippen LogP contribution >= 0.6 is 39.0 Å². The molecule has 4 aromatic rings. The second kappa shape index (κ2) is 11.6. The van der Waals surface area contributed by atoms with Crippen LogP contribution in [0.25, 0.3) is 0 Å². The lowest BCUT2D eigenvalue weighted by atomic mass is 10.2. The van der Waals surface area contributed by atoms with E-state index < -0.39 is 0 Å². The summed E-state index contributed by atoms with van der Waals surface area (Å²) in [6.45, 7) is 0.441. The minimum Gasteiger partial charge on any atom is -0.488 e. The number of aromatic amines is 1. The van der Waals surface area contributed by atoms with Crippen molar-refractivity contribution >= 4 is 62.2 Å². The van der Waals surface area contributed by atoms with E-state index in [4.69, 9.17) is 4.74 Å². The lowest BCUT2D eigenvalue weighted by Gasteiger charge is -2.09. The van der Waals surface area contributed by atoms with Gasteiger partial charge in [-0.15, -0.1) is 16.4 Å². The van der Waals surface area contributed by atoms with E-state index in [-0.39, 0.29) is 11.7 Å². The molecule has 2 heterocycles. The topological polar surface area (TPSA) is 117 Å². The highest BCUT2D eigenvalue weighted by Crippen LogP contribution is 2.20. The molecule has 0 bridgehead atoms. The summed E-state index contributed by atoms with van der Waals surface area (Å²) in [6.07, 6.45) is 3.28. The Labute approximate surface area is 206 Å². The molecular formula is C21H18BrN7O2S2. The van der Waals surface area contributed by atoms with Gasteiger partial charge < -0.3 is 10.1 Å². The first-order chi connectivity index (χ1) is 16.2. The highest BCUT2D eigenvalue weighted by Gasteiger charge is 2.09. The van der Waals surface area contributed by atoms with Crippen molar-refractivity contribution in [1.82, 2.24) is 20.2 Å². The normalized spacial score (nSPS) is 10.9. The van der Waals surface area contributed by atoms with Crippen molar-refractivity contribution in [1.29, 1.82) is 0 Å². The summed E-state index contributed by atoms with van der Waals surface area (Å²) in [6, 6.07) is 15.6. The van der Waals surface area contributed by atoms with E-state index in [0.717, 1.165) is 15.6 Å². The molecule has 2 aromatic carbocycles. The van der Waals surface area contributed by atoms with Crippen LogP contribution in [0.1, 0.15) is 11.1 Å². The number of thiazole rings is 1. The number of carbonyl (C=O) groups excluding carboxylic acids is 1. The largest absolute Gasteiger partial charge is 0.488 e. The zero-order chi connectivity index (χ0) is 22.9. The summed E-state index contributed by atoms with van der Waals surface area (Å²) in [5, 5.41) is 16.5. The summed E-state index contributed by atoms with van der Waals surface area (Å²) in [5.74, 6) is 1.07. The van der Waals surface area contributed by atoms with Crippen LogP contribution in [-0.4, -0.2) is 38.0 Å². The molecular weight excluding hydrogens is 526 g/mol. The van der Waals surface area contributed by atoms with Crippen molar-refractivity contribution in [2.75, 3.05) is 16.5 Å². The summed E-state index contributed by atoms with van der Waals surface area (Å²) in [7, 11) is 0. The van der Waals surface area contributed by atoms with Crippen LogP contribution in [0.15, 0.2) is 74.8 Å². The van der Waals surface area contributed by atoms with Crippen molar-refractivity contribution in [2.45, 2.75) is 11.8 Å². The number of hydrazone groups is 1. The number of hydrogen-bond donors (Lipinski definition) is 3. The number of carbonyl (C=O) groups is 1. The second-order valence-corrected chi connectivity index (χ2v) is 9.22. The van der Waals surface area contributed by atoms with Gasteiger partial charge in [0.1, 0.15) is 12.4 Å². The third-order valence-corrected chi connectivity index (χ3v) is 6.08. The number of para-hydroxylation sites is 1. The van der Waals surface area contributed by atoms with Crippen molar-refractivity contribution in [3.05, 3.63) is 75.7 Å². The van der Waals surface area contributed by atoms with Crippen LogP contribution in [-0.2, 0) is 11.4 Å². The molecule has 0 aliphatic rings. The number of amides is 1. The number of halogens is 1. The Morgan fingerprint density at radius 2 is 2.18 bits per heavy atom. The molecule has 0 saturated heterocycles. The maximum absolute atomic E-state index is 11.9. The van der Waals surface area contributed by atoms with Gasteiger partial charge in [0, 0.05) is 21.6 Å². The van der Waals surface area contributed by atoms with Gasteiger partial charge in [0.2, 0.25) is 17.0 Å². The van der Waals surface area contributed by atoms with E-state index in [9.17, 15) is 4.79 Å². The van der Waals surface area contributed by atoms with E-state index in [0.29, 0.717) is 28.6 Å². The summed E-state index contributed by atoms with van der Waals surface area (Å²) in [4.78, 5) is 20.2. The van der Waals surface area contributed by atoms with Crippen LogP contribution in [0.3, 0.4) is 0 Å². The molecule has 2 aromatic heterocycles. The molecule has 33 heavy (non-hydrogen) atoms. The number of benzene rings is 2. The quantitative estimate of drug-likeness (QED) is 0.149. The molecule has 0 aliphatic heterocycles. The standard InChI is InChI=1S/C21H18BrN7O2S2/c22-16-6-3-4-14(10-16)12-31-17-7-2-1-5-15(17)11-24-27-19-26-21(29-28-19)33-13-18(30)25-20-23-8-9-32-20/h1-11H,12-13H2,(H,23,25,30)(H2,26,27,28,29)/b24-11-. The van der Waals surface area contributed by atoms with Crippen molar-refractivity contribution in [3.63, 3.8) is 0 Å². The molecule has 1 amide bonds. The fraction of sp³-hybridized carbons (Fsp3) is 0.0952. The third-order valence-electron chi connectivity index (χ3n) is 4.05. The van der Waals surface area contributed by atoms with Gasteiger partial charge in [0.25, 0.3) is 0 Å². The molecule has 0 fully saturated rings. The predicted octanol–water partition coefficient (Wildman–Crippen LogP) is 4.78. The molecule has 12 heteroatoms. The average Bonchev–Trinajstić information content (AvgIpc) is 3.49. The third kappa shape index (κ3) is 7.14. The van der Waals surface area contributed by atoms with Crippen LogP contribution in [0.2, 0.25) is 0 Å². The minimum atomic E-state index is -0.174. The van der Waals surface area contributed by atoms with E-state index >= 15 is 0 Å². The molecule has 0 aliphatic carbocycles. The molecule has 0 saturated carbocycles. The summed E-state index contributed by atoms with van der Waals surface area (Å²) >= 11 is 6.03. The average molecular weight is 544 g/mol. The number of aromatic nitrogens is 4. The first kappa shape index (κ1) is 23.0. The van der Waals surface area contributed by atoms with Gasteiger partial charge in [-0.05, 0) is 29.8 Å². The highest BCUT2D eigenvalue weighted by molar-refractivity contribution is 9.10. The number of nitrogens with one attached hydrogen (secondary N) is 3.